The Labute approximate surface area is 90.0 Å². The van der Waals surface area contributed by atoms with Crippen LogP contribution in [0.15, 0.2) is 0 Å². The summed E-state index contributed by atoms with van der Waals surface area (Å²) in [6.45, 7) is 5.85. The first-order chi connectivity index (χ1) is 6.94. The number of nitrogens with two attached hydrogens (primary N) is 1. The largest absolute Gasteiger partial charge is 0.326 e. The first kappa shape index (κ1) is 12.0. The molecule has 0 radical (unpaired) electrons. The van der Waals surface area contributed by atoms with Crippen LogP contribution in [0.2, 0.25) is 0 Å². The summed E-state index contributed by atoms with van der Waals surface area (Å²) >= 11 is 0. The quantitative estimate of drug-likeness (QED) is 0.665. The van der Waals surface area contributed by atoms with Crippen LogP contribution < -0.4 is 11.1 Å². The average molecular weight is 213 g/mol. The van der Waals surface area contributed by atoms with Gasteiger partial charge in [0.05, 0.1) is 0 Å². The summed E-state index contributed by atoms with van der Waals surface area (Å²) in [4.78, 5) is 24.7. The Bertz CT molecular complexity index is 280. The molecule has 1 aliphatic rings. The highest BCUT2D eigenvalue weighted by molar-refractivity contribution is 6.06. The van der Waals surface area contributed by atoms with Crippen molar-refractivity contribution in [3.05, 3.63) is 0 Å². The first-order valence-corrected chi connectivity index (χ1v) is 5.34. The van der Waals surface area contributed by atoms with Crippen molar-refractivity contribution in [1.82, 2.24) is 10.2 Å². The van der Waals surface area contributed by atoms with E-state index in [0.717, 1.165) is 6.42 Å². The number of carbonyl (C=O) groups is 2. The number of amides is 3. The van der Waals surface area contributed by atoms with Crippen LogP contribution in [-0.2, 0) is 4.79 Å². The molecule has 3 amide bonds. The highest BCUT2D eigenvalue weighted by Gasteiger charge is 2.46. The number of urea groups is 1. The number of hydrogen-bond donors (Lipinski definition) is 2. The second-order valence-corrected chi connectivity index (χ2v) is 4.20. The molecule has 0 spiro atoms. The van der Waals surface area contributed by atoms with Gasteiger partial charge in [-0.2, -0.15) is 0 Å². The van der Waals surface area contributed by atoms with Crippen molar-refractivity contribution < 1.29 is 9.59 Å². The molecule has 86 valence electrons. The molecule has 3 N–H and O–H groups in total. The van der Waals surface area contributed by atoms with E-state index in [-0.39, 0.29) is 18.0 Å². The molecular formula is C10H19N3O2. The zero-order valence-electron chi connectivity index (χ0n) is 9.54. The molecule has 0 aliphatic carbocycles. The highest BCUT2D eigenvalue weighted by Crippen LogP contribution is 2.20. The van der Waals surface area contributed by atoms with Crippen molar-refractivity contribution in [2.45, 2.75) is 45.2 Å². The molecular weight excluding hydrogens is 194 g/mol. The third-order valence-electron chi connectivity index (χ3n) is 2.99. The second kappa shape index (κ2) is 4.18. The number of nitrogens with zero attached hydrogens (tertiary/aromatic N) is 1. The summed E-state index contributed by atoms with van der Waals surface area (Å²) in [5, 5.41) is 2.69. The third kappa shape index (κ3) is 2.12. The summed E-state index contributed by atoms with van der Waals surface area (Å²) in [7, 11) is 0. The predicted molar refractivity (Wildman–Crippen MR) is 57.2 cm³/mol. The molecule has 1 fully saturated rings. The molecule has 0 aromatic carbocycles. The number of carbonyl (C=O) groups excluding carboxylic acids is 2. The molecule has 5 nitrogen and oxygen atoms in total. The van der Waals surface area contributed by atoms with Crippen LogP contribution in [0.3, 0.4) is 0 Å². The molecule has 0 aromatic heterocycles. The Hall–Kier alpha value is -1.10. The van der Waals surface area contributed by atoms with Crippen molar-refractivity contribution in [2.24, 2.45) is 5.73 Å². The van der Waals surface area contributed by atoms with Gasteiger partial charge in [-0.05, 0) is 19.8 Å². The van der Waals surface area contributed by atoms with Crippen molar-refractivity contribution >= 4 is 11.9 Å². The lowest BCUT2D eigenvalue weighted by Crippen LogP contribution is -2.44. The van der Waals surface area contributed by atoms with Gasteiger partial charge in [-0.25, -0.2) is 4.79 Å². The van der Waals surface area contributed by atoms with Crippen molar-refractivity contribution in [3.63, 3.8) is 0 Å². The van der Waals surface area contributed by atoms with E-state index in [4.69, 9.17) is 5.73 Å². The maximum Gasteiger partial charge on any atom is 0.325 e. The van der Waals surface area contributed by atoms with Crippen LogP contribution >= 0.6 is 0 Å². The summed E-state index contributed by atoms with van der Waals surface area (Å²) < 4.78 is 0. The number of imide groups is 1. The summed E-state index contributed by atoms with van der Waals surface area (Å²) in [6, 6.07) is -0.466. The van der Waals surface area contributed by atoms with Gasteiger partial charge in [0.25, 0.3) is 5.91 Å². The van der Waals surface area contributed by atoms with Gasteiger partial charge in [0.1, 0.15) is 5.54 Å². The number of rotatable bonds is 4. The second-order valence-electron chi connectivity index (χ2n) is 4.20. The van der Waals surface area contributed by atoms with Crippen LogP contribution in [0.4, 0.5) is 4.79 Å². The van der Waals surface area contributed by atoms with Crippen molar-refractivity contribution in [3.8, 4) is 0 Å². The normalized spacial score (nSPS) is 28.1. The molecule has 1 aliphatic heterocycles. The standard InChI is InChI=1S/C10H19N3O2/c1-4-7(11)6-13-8(14)10(3,5-2)12-9(13)15/h7H,4-6,11H2,1-3H3,(H,12,15). The van der Waals surface area contributed by atoms with E-state index < -0.39 is 5.54 Å². The summed E-state index contributed by atoms with van der Waals surface area (Å²) in [5.74, 6) is -0.168. The van der Waals surface area contributed by atoms with Gasteiger partial charge in [-0.15, -0.1) is 0 Å². The van der Waals surface area contributed by atoms with Gasteiger partial charge in [0.2, 0.25) is 0 Å². The van der Waals surface area contributed by atoms with Gasteiger partial charge in [0, 0.05) is 12.6 Å². The van der Waals surface area contributed by atoms with Gasteiger partial charge >= 0.3 is 6.03 Å². The molecule has 0 bridgehead atoms. The molecule has 1 heterocycles. The zero-order chi connectivity index (χ0) is 11.6. The first-order valence-electron chi connectivity index (χ1n) is 5.34. The number of nitrogens with one attached hydrogen (secondary N) is 1. The zero-order valence-corrected chi connectivity index (χ0v) is 9.54. The van der Waals surface area contributed by atoms with E-state index in [2.05, 4.69) is 5.32 Å². The lowest BCUT2D eigenvalue weighted by atomic mass is 9.99. The molecule has 15 heavy (non-hydrogen) atoms. The highest BCUT2D eigenvalue weighted by atomic mass is 16.2. The molecule has 5 heteroatoms. The molecule has 0 saturated carbocycles. The smallest absolute Gasteiger partial charge is 0.325 e. The fourth-order valence-electron chi connectivity index (χ4n) is 1.52. The Morgan fingerprint density at radius 2 is 2.07 bits per heavy atom. The molecule has 2 atom stereocenters. The minimum atomic E-state index is -0.745. The Morgan fingerprint density at radius 3 is 2.47 bits per heavy atom. The van der Waals surface area contributed by atoms with E-state index in [1.54, 1.807) is 6.92 Å². The van der Waals surface area contributed by atoms with Crippen LogP contribution in [0.5, 0.6) is 0 Å². The van der Waals surface area contributed by atoms with E-state index in [9.17, 15) is 9.59 Å². The predicted octanol–water partition coefficient (Wildman–Crippen LogP) is 0.444. The fourth-order valence-corrected chi connectivity index (χ4v) is 1.52. The molecule has 1 saturated heterocycles. The van der Waals surface area contributed by atoms with E-state index >= 15 is 0 Å². The lowest BCUT2D eigenvalue weighted by molar-refractivity contribution is -0.131. The Kier molecular flexibility index (Phi) is 3.34. The number of hydrogen-bond acceptors (Lipinski definition) is 3. The minimum Gasteiger partial charge on any atom is -0.326 e. The molecule has 0 aromatic rings. The SMILES string of the molecule is CCC(N)CN1C(=O)NC(C)(CC)C1=O. The lowest BCUT2D eigenvalue weighted by Gasteiger charge is -2.20. The van der Waals surface area contributed by atoms with Crippen LogP contribution in [0.1, 0.15) is 33.6 Å². The fraction of sp³-hybridized carbons (Fsp3) is 0.800. The summed E-state index contributed by atoms with van der Waals surface area (Å²) in [6.07, 6.45) is 1.34. The average Bonchev–Trinajstić information content (AvgIpc) is 2.42. The Balaban J connectivity index is 2.76. The van der Waals surface area contributed by atoms with Gasteiger partial charge < -0.3 is 11.1 Å². The van der Waals surface area contributed by atoms with Crippen LogP contribution in [0, 0.1) is 0 Å². The van der Waals surface area contributed by atoms with E-state index in [0.29, 0.717) is 13.0 Å². The van der Waals surface area contributed by atoms with Crippen molar-refractivity contribution in [2.75, 3.05) is 6.54 Å². The van der Waals surface area contributed by atoms with Crippen LogP contribution in [0.25, 0.3) is 0 Å². The minimum absolute atomic E-state index is 0.140. The topological polar surface area (TPSA) is 75.4 Å². The van der Waals surface area contributed by atoms with Gasteiger partial charge in [-0.1, -0.05) is 13.8 Å². The van der Waals surface area contributed by atoms with E-state index in [1.165, 1.54) is 4.90 Å². The van der Waals surface area contributed by atoms with Crippen LogP contribution in [-0.4, -0.2) is 35.0 Å². The summed E-state index contributed by atoms with van der Waals surface area (Å²) in [5.41, 5.74) is 4.99. The Morgan fingerprint density at radius 1 is 1.47 bits per heavy atom. The van der Waals surface area contributed by atoms with Gasteiger partial charge in [0.15, 0.2) is 0 Å². The molecule has 1 rings (SSSR count). The van der Waals surface area contributed by atoms with Gasteiger partial charge in [-0.3, -0.25) is 9.69 Å². The monoisotopic (exact) mass is 213 g/mol. The van der Waals surface area contributed by atoms with Crippen molar-refractivity contribution in [1.29, 1.82) is 0 Å². The maximum atomic E-state index is 11.9. The maximum absolute atomic E-state index is 11.9. The third-order valence-corrected chi connectivity index (χ3v) is 2.99. The molecule has 2 unspecified atom stereocenters. The van der Waals surface area contributed by atoms with E-state index in [1.807, 2.05) is 13.8 Å².